The van der Waals surface area contributed by atoms with Crippen molar-refractivity contribution in [2.24, 2.45) is 10.7 Å². The van der Waals surface area contributed by atoms with Gasteiger partial charge in [-0.25, -0.2) is 0 Å². The van der Waals surface area contributed by atoms with Gasteiger partial charge in [-0.15, -0.1) is 0 Å². The molecule has 0 fully saturated rings. The summed E-state index contributed by atoms with van der Waals surface area (Å²) in [4.78, 5) is 1.59. The largest absolute Gasteiger partial charge is 0.466 e. The first-order valence-electron chi connectivity index (χ1n) is 4.70. The van der Waals surface area contributed by atoms with Crippen LogP contribution in [0.3, 0.4) is 0 Å². The number of aliphatic hydroxyl groups is 1. The number of amidine groups is 1. The lowest BCUT2D eigenvalue weighted by atomic mass is 9.91. The molecule has 0 saturated carbocycles. The molecule has 0 aliphatic carbocycles. The van der Waals surface area contributed by atoms with Gasteiger partial charge in [0.05, 0.1) is 0 Å². The van der Waals surface area contributed by atoms with E-state index in [9.17, 15) is 48.3 Å². The second-order valence-corrected chi connectivity index (χ2v) is 3.96. The van der Waals surface area contributed by atoms with Gasteiger partial charge in [-0.1, -0.05) is 0 Å². The number of ether oxygens (including phenoxy) is 1. The fourth-order valence-electron chi connectivity index (χ4n) is 1.39. The summed E-state index contributed by atoms with van der Waals surface area (Å²) in [6.07, 6.45) is -13.8. The molecule has 0 bridgehead atoms. The Hall–Kier alpha value is -1.54. The first-order valence-corrected chi connectivity index (χ1v) is 4.70. The molecule has 22 heavy (non-hydrogen) atoms. The number of rotatable bonds is 2. The molecular formula is C7H3F11N2O2. The van der Waals surface area contributed by atoms with Crippen molar-refractivity contribution in [1.29, 1.82) is 0 Å². The summed E-state index contributed by atoms with van der Waals surface area (Å²) in [5.41, 5.74) is -1.71. The first-order chi connectivity index (χ1) is 9.35. The van der Waals surface area contributed by atoms with E-state index in [0.29, 0.717) is 0 Å². The van der Waals surface area contributed by atoms with Crippen LogP contribution in [0.1, 0.15) is 0 Å². The molecule has 0 saturated heterocycles. The average molecular weight is 356 g/mol. The number of alkyl halides is 11. The summed E-state index contributed by atoms with van der Waals surface area (Å²) in [6, 6.07) is -2.21. The molecule has 4 nitrogen and oxygen atoms in total. The van der Waals surface area contributed by atoms with Gasteiger partial charge in [0.25, 0.3) is 6.02 Å². The molecule has 0 amide bonds. The van der Waals surface area contributed by atoms with Crippen LogP contribution < -0.4 is 5.73 Å². The lowest BCUT2D eigenvalue weighted by molar-refractivity contribution is -0.440. The van der Waals surface area contributed by atoms with Gasteiger partial charge in [-0.2, -0.15) is 53.3 Å². The molecule has 3 N–H and O–H groups in total. The van der Waals surface area contributed by atoms with Crippen LogP contribution in [-0.2, 0) is 4.74 Å². The highest BCUT2D eigenvalue weighted by Gasteiger charge is 2.91. The molecule has 1 heterocycles. The Morgan fingerprint density at radius 2 is 1.36 bits per heavy atom. The fourth-order valence-corrected chi connectivity index (χ4v) is 1.39. The highest BCUT2D eigenvalue weighted by Crippen LogP contribution is 2.59. The minimum Gasteiger partial charge on any atom is -0.415 e. The topological polar surface area (TPSA) is 67.8 Å². The van der Waals surface area contributed by atoms with Gasteiger partial charge < -0.3 is 15.6 Å². The minimum atomic E-state index is -7.30. The van der Waals surface area contributed by atoms with Crippen molar-refractivity contribution in [2.45, 2.75) is 35.8 Å². The third kappa shape index (κ3) is 1.97. The van der Waals surface area contributed by atoms with Gasteiger partial charge in [0, 0.05) is 0 Å². The predicted molar refractivity (Wildman–Crippen MR) is 43.5 cm³/mol. The zero-order valence-electron chi connectivity index (χ0n) is 9.54. The monoisotopic (exact) mass is 356 g/mol. The molecule has 0 spiro atoms. The fraction of sp³-hybridized carbons (Fsp3) is 0.857. The van der Waals surface area contributed by atoms with Gasteiger partial charge in [0.2, 0.25) is 0 Å². The van der Waals surface area contributed by atoms with E-state index >= 15 is 0 Å². The number of nitrogens with two attached hydrogens (primary N) is 1. The summed E-state index contributed by atoms with van der Waals surface area (Å²) in [7, 11) is 0. The zero-order valence-corrected chi connectivity index (χ0v) is 9.54. The second-order valence-electron chi connectivity index (χ2n) is 3.96. The highest BCUT2D eigenvalue weighted by molar-refractivity contribution is 5.75. The summed E-state index contributed by atoms with van der Waals surface area (Å²) in [5.74, 6) is -20.6. The first kappa shape index (κ1) is 18.5. The zero-order chi connectivity index (χ0) is 18.0. The molecule has 0 aromatic rings. The van der Waals surface area contributed by atoms with Crippen molar-refractivity contribution in [3.63, 3.8) is 0 Å². The molecule has 130 valence electrons. The SMILES string of the molecule is NC1=NC(O)(C(F)(F)C(F)(F)C(F)(F)F)C(F)(C(F)(F)F)O1. The van der Waals surface area contributed by atoms with Crippen LogP contribution in [0.15, 0.2) is 4.99 Å². The molecule has 0 aromatic carbocycles. The van der Waals surface area contributed by atoms with Gasteiger partial charge in [0.1, 0.15) is 0 Å². The van der Waals surface area contributed by atoms with Crippen LogP contribution in [0.25, 0.3) is 0 Å². The van der Waals surface area contributed by atoms with E-state index in [0.717, 1.165) is 0 Å². The normalized spacial score (nSPS) is 31.0. The Balaban J connectivity index is 3.62. The standard InChI is InChI=1S/C7H3F11N2O2/c8-2(9,3(10,11)6(13,14)15)5(21)4(12,7(16,17)18)22-1(19)20-5/h21H,(H2,19,20). The Labute approximate surface area is 112 Å². The molecular weight excluding hydrogens is 353 g/mol. The maximum atomic E-state index is 13.6. The number of nitrogens with zero attached hydrogens (tertiary/aromatic N) is 1. The molecule has 0 radical (unpaired) electrons. The highest BCUT2D eigenvalue weighted by atomic mass is 19.4. The van der Waals surface area contributed by atoms with E-state index in [2.05, 4.69) is 10.5 Å². The number of hydrogen-bond acceptors (Lipinski definition) is 4. The lowest BCUT2D eigenvalue weighted by Crippen LogP contribution is -2.72. The summed E-state index contributed by atoms with van der Waals surface area (Å²) < 4.78 is 141. The molecule has 1 rings (SSSR count). The van der Waals surface area contributed by atoms with Gasteiger partial charge in [-0.05, 0) is 0 Å². The molecule has 2 atom stereocenters. The summed E-state index contributed by atoms with van der Waals surface area (Å²) >= 11 is 0. The van der Waals surface area contributed by atoms with Gasteiger partial charge in [0.15, 0.2) is 0 Å². The van der Waals surface area contributed by atoms with Crippen LogP contribution in [0.4, 0.5) is 48.3 Å². The Morgan fingerprint density at radius 1 is 0.955 bits per heavy atom. The summed E-state index contributed by atoms with van der Waals surface area (Å²) in [6.45, 7) is 0. The second kappa shape index (κ2) is 4.26. The van der Waals surface area contributed by atoms with Gasteiger partial charge in [-0.3, -0.25) is 0 Å². The van der Waals surface area contributed by atoms with E-state index in [-0.39, 0.29) is 0 Å². The number of halogens is 11. The smallest absolute Gasteiger partial charge is 0.415 e. The molecule has 0 aromatic heterocycles. The molecule has 15 heteroatoms. The van der Waals surface area contributed by atoms with Crippen molar-refractivity contribution >= 4 is 6.02 Å². The molecule has 1 aliphatic rings. The van der Waals surface area contributed by atoms with E-state index in [1.165, 1.54) is 0 Å². The quantitative estimate of drug-likeness (QED) is 0.745. The van der Waals surface area contributed by atoms with E-state index in [1.807, 2.05) is 0 Å². The van der Waals surface area contributed by atoms with Crippen molar-refractivity contribution < 1.29 is 58.1 Å². The van der Waals surface area contributed by atoms with Crippen molar-refractivity contribution in [2.75, 3.05) is 0 Å². The number of hydrogen-bond donors (Lipinski definition) is 2. The Morgan fingerprint density at radius 3 is 1.68 bits per heavy atom. The predicted octanol–water partition coefficient (Wildman–Crippen LogP) is 2.08. The van der Waals surface area contributed by atoms with E-state index in [1.54, 1.807) is 4.99 Å². The minimum absolute atomic E-state index is 1.59. The van der Waals surface area contributed by atoms with E-state index in [4.69, 9.17) is 5.11 Å². The third-order valence-electron chi connectivity index (χ3n) is 2.52. The van der Waals surface area contributed by atoms with Crippen LogP contribution in [-0.4, -0.2) is 46.9 Å². The van der Waals surface area contributed by atoms with E-state index < -0.39 is 41.8 Å². The Kier molecular flexibility index (Phi) is 3.58. The average Bonchev–Trinajstić information content (AvgIpc) is 2.48. The van der Waals surface area contributed by atoms with Crippen molar-refractivity contribution in [1.82, 2.24) is 0 Å². The summed E-state index contributed by atoms with van der Waals surface area (Å²) in [5, 5.41) is 8.93. The van der Waals surface area contributed by atoms with Crippen LogP contribution >= 0.6 is 0 Å². The number of aliphatic imine (C=N–C) groups is 1. The molecule has 2 unspecified atom stereocenters. The lowest BCUT2D eigenvalue weighted by Gasteiger charge is -2.40. The van der Waals surface area contributed by atoms with Crippen LogP contribution in [0, 0.1) is 0 Å². The third-order valence-corrected chi connectivity index (χ3v) is 2.52. The Bertz CT molecular complexity index is 498. The maximum Gasteiger partial charge on any atom is 0.466 e. The van der Waals surface area contributed by atoms with Crippen molar-refractivity contribution in [3.8, 4) is 0 Å². The van der Waals surface area contributed by atoms with Crippen molar-refractivity contribution in [3.05, 3.63) is 0 Å². The maximum absolute atomic E-state index is 13.6. The molecule has 1 aliphatic heterocycles. The van der Waals surface area contributed by atoms with Crippen LogP contribution in [0.5, 0.6) is 0 Å². The van der Waals surface area contributed by atoms with Gasteiger partial charge >= 0.3 is 35.8 Å². The van der Waals surface area contributed by atoms with Crippen LogP contribution in [0.2, 0.25) is 0 Å².